The first kappa shape index (κ1) is 13.0. The van der Waals surface area contributed by atoms with E-state index in [2.05, 4.69) is 32.9 Å². The van der Waals surface area contributed by atoms with Gasteiger partial charge in [0.2, 0.25) is 0 Å². The number of hydrogen-bond acceptors (Lipinski definition) is 3. The molecule has 0 atom stereocenters. The fraction of sp³-hybridized carbons (Fsp3) is 0.250. The van der Waals surface area contributed by atoms with Gasteiger partial charge in [0.05, 0.1) is 11.4 Å². The molecule has 1 aromatic heterocycles. The van der Waals surface area contributed by atoms with E-state index < -0.39 is 5.97 Å². The van der Waals surface area contributed by atoms with Crippen LogP contribution in [-0.2, 0) is 6.42 Å². The van der Waals surface area contributed by atoms with Gasteiger partial charge in [-0.3, -0.25) is 0 Å². The van der Waals surface area contributed by atoms with E-state index in [1.54, 1.807) is 4.68 Å². The molecule has 0 aliphatic carbocycles. The van der Waals surface area contributed by atoms with Crippen molar-refractivity contribution in [1.82, 2.24) is 15.0 Å². The number of aromatic nitrogens is 3. The van der Waals surface area contributed by atoms with Crippen LogP contribution in [0.1, 0.15) is 29.5 Å². The summed E-state index contributed by atoms with van der Waals surface area (Å²) in [5.41, 5.74) is 1.52. The average Bonchev–Trinajstić information content (AvgIpc) is 2.73. The summed E-state index contributed by atoms with van der Waals surface area (Å²) in [6, 6.07) is 7.72. The van der Waals surface area contributed by atoms with Crippen LogP contribution >= 0.6 is 22.6 Å². The van der Waals surface area contributed by atoms with E-state index in [1.165, 1.54) is 0 Å². The Labute approximate surface area is 118 Å². The van der Waals surface area contributed by atoms with Gasteiger partial charge in [0.1, 0.15) is 0 Å². The lowest BCUT2D eigenvalue weighted by Gasteiger charge is -2.06. The van der Waals surface area contributed by atoms with Crippen molar-refractivity contribution in [3.05, 3.63) is 39.2 Å². The zero-order valence-electron chi connectivity index (χ0n) is 9.80. The van der Waals surface area contributed by atoms with Crippen molar-refractivity contribution < 1.29 is 9.90 Å². The highest BCUT2D eigenvalue weighted by atomic mass is 127. The number of carboxylic acid groups (broad SMARTS) is 1. The number of nitrogens with zero attached hydrogens (tertiary/aromatic N) is 3. The van der Waals surface area contributed by atoms with Crippen LogP contribution < -0.4 is 0 Å². The Morgan fingerprint density at radius 3 is 2.89 bits per heavy atom. The van der Waals surface area contributed by atoms with Crippen molar-refractivity contribution in [2.24, 2.45) is 0 Å². The molecule has 2 rings (SSSR count). The number of benzene rings is 1. The molecular weight excluding hydrogens is 345 g/mol. The molecular formula is C12H12IN3O2. The first-order valence-corrected chi connectivity index (χ1v) is 6.65. The van der Waals surface area contributed by atoms with Crippen molar-refractivity contribution in [1.29, 1.82) is 0 Å². The number of rotatable bonds is 4. The predicted molar refractivity (Wildman–Crippen MR) is 75.0 cm³/mol. The second-order valence-electron chi connectivity index (χ2n) is 3.83. The molecule has 5 nitrogen and oxygen atoms in total. The van der Waals surface area contributed by atoms with Gasteiger partial charge in [-0.25, -0.2) is 9.48 Å². The topological polar surface area (TPSA) is 68.0 Å². The van der Waals surface area contributed by atoms with Gasteiger partial charge in [0.25, 0.3) is 0 Å². The summed E-state index contributed by atoms with van der Waals surface area (Å²) in [5.74, 6) is -1.03. The highest BCUT2D eigenvalue weighted by Crippen LogP contribution is 2.17. The van der Waals surface area contributed by atoms with Crippen molar-refractivity contribution >= 4 is 28.6 Å². The molecule has 0 saturated heterocycles. The second-order valence-corrected chi connectivity index (χ2v) is 5.08. The Bertz CT molecular complexity index is 580. The lowest BCUT2D eigenvalue weighted by atomic mass is 10.2. The maximum absolute atomic E-state index is 11.1. The Kier molecular flexibility index (Phi) is 3.95. The van der Waals surface area contributed by atoms with E-state index in [4.69, 9.17) is 5.11 Å². The first-order chi connectivity index (χ1) is 8.63. The van der Waals surface area contributed by atoms with Crippen molar-refractivity contribution in [3.8, 4) is 5.69 Å². The minimum Gasteiger partial charge on any atom is -0.476 e. The molecule has 1 aromatic carbocycles. The zero-order valence-corrected chi connectivity index (χ0v) is 12.0. The average molecular weight is 357 g/mol. The quantitative estimate of drug-likeness (QED) is 0.854. The minimum absolute atomic E-state index is 0.0377. The fourth-order valence-electron chi connectivity index (χ4n) is 1.74. The van der Waals surface area contributed by atoms with Crippen LogP contribution in [0.2, 0.25) is 0 Å². The van der Waals surface area contributed by atoms with E-state index in [-0.39, 0.29) is 5.69 Å². The maximum atomic E-state index is 11.1. The molecule has 0 unspecified atom stereocenters. The number of carboxylic acids is 1. The fourth-order valence-corrected chi connectivity index (χ4v) is 2.27. The van der Waals surface area contributed by atoms with Gasteiger partial charge >= 0.3 is 5.97 Å². The standard InChI is InChI=1S/C12H12IN3O2/c1-2-4-10-11(12(17)18)14-15-16(10)9-6-3-5-8(13)7-9/h3,5-7H,2,4H2,1H3,(H,17,18). The molecule has 1 heterocycles. The van der Waals surface area contributed by atoms with Gasteiger partial charge in [-0.2, -0.15) is 0 Å². The van der Waals surface area contributed by atoms with E-state index in [9.17, 15) is 4.79 Å². The third kappa shape index (κ3) is 2.53. The van der Waals surface area contributed by atoms with E-state index in [0.717, 1.165) is 15.7 Å². The molecule has 6 heteroatoms. The van der Waals surface area contributed by atoms with E-state index in [1.807, 2.05) is 31.2 Å². The monoisotopic (exact) mass is 357 g/mol. The molecule has 1 N–H and O–H groups in total. The molecule has 0 aliphatic rings. The van der Waals surface area contributed by atoms with Crippen molar-refractivity contribution in [3.63, 3.8) is 0 Å². The highest BCUT2D eigenvalue weighted by molar-refractivity contribution is 14.1. The summed E-state index contributed by atoms with van der Waals surface area (Å²) in [7, 11) is 0. The minimum atomic E-state index is -1.03. The van der Waals surface area contributed by atoms with Crippen LogP contribution in [0, 0.1) is 3.57 Å². The van der Waals surface area contributed by atoms with E-state index in [0.29, 0.717) is 12.1 Å². The predicted octanol–water partition coefficient (Wildman–Crippen LogP) is 2.52. The van der Waals surface area contributed by atoms with Crippen LogP contribution in [0.15, 0.2) is 24.3 Å². The molecule has 0 fully saturated rings. The Morgan fingerprint density at radius 1 is 1.50 bits per heavy atom. The Balaban J connectivity index is 2.54. The van der Waals surface area contributed by atoms with Gasteiger partial charge in [-0.15, -0.1) is 5.10 Å². The van der Waals surface area contributed by atoms with Crippen LogP contribution in [0.3, 0.4) is 0 Å². The van der Waals surface area contributed by atoms with Crippen LogP contribution in [0.4, 0.5) is 0 Å². The lowest BCUT2D eigenvalue weighted by Crippen LogP contribution is -2.06. The maximum Gasteiger partial charge on any atom is 0.358 e. The highest BCUT2D eigenvalue weighted by Gasteiger charge is 2.18. The van der Waals surface area contributed by atoms with Crippen LogP contribution in [0.25, 0.3) is 5.69 Å². The third-order valence-electron chi connectivity index (χ3n) is 2.51. The molecule has 0 bridgehead atoms. The largest absolute Gasteiger partial charge is 0.476 e. The van der Waals surface area contributed by atoms with E-state index >= 15 is 0 Å². The number of hydrogen-bond donors (Lipinski definition) is 1. The summed E-state index contributed by atoms with van der Waals surface area (Å²) in [6.45, 7) is 2.00. The molecule has 0 aliphatic heterocycles. The van der Waals surface area contributed by atoms with Crippen molar-refractivity contribution in [2.75, 3.05) is 0 Å². The molecule has 0 spiro atoms. The van der Waals surface area contributed by atoms with Crippen molar-refractivity contribution in [2.45, 2.75) is 19.8 Å². The summed E-state index contributed by atoms with van der Waals surface area (Å²) in [5, 5.41) is 16.8. The summed E-state index contributed by atoms with van der Waals surface area (Å²) < 4.78 is 2.68. The number of carbonyl (C=O) groups is 1. The van der Waals surface area contributed by atoms with Crippen LogP contribution in [0.5, 0.6) is 0 Å². The van der Waals surface area contributed by atoms with Gasteiger partial charge in [0, 0.05) is 3.57 Å². The molecule has 18 heavy (non-hydrogen) atoms. The third-order valence-corrected chi connectivity index (χ3v) is 3.18. The molecule has 0 amide bonds. The number of halogens is 1. The molecule has 94 valence electrons. The SMILES string of the molecule is CCCc1c(C(=O)O)nnn1-c1cccc(I)c1. The summed E-state index contributed by atoms with van der Waals surface area (Å²) in [6.07, 6.45) is 1.48. The van der Waals surface area contributed by atoms with Crippen LogP contribution in [-0.4, -0.2) is 26.1 Å². The molecule has 0 saturated carbocycles. The molecule has 2 aromatic rings. The normalized spacial score (nSPS) is 10.6. The van der Waals surface area contributed by atoms with Gasteiger partial charge in [-0.1, -0.05) is 24.6 Å². The summed E-state index contributed by atoms with van der Waals surface area (Å²) in [4.78, 5) is 11.1. The zero-order chi connectivity index (χ0) is 13.1. The number of aromatic carboxylic acids is 1. The lowest BCUT2D eigenvalue weighted by molar-refractivity contribution is 0.0689. The Hall–Kier alpha value is -1.44. The first-order valence-electron chi connectivity index (χ1n) is 5.57. The second kappa shape index (κ2) is 5.47. The van der Waals surface area contributed by atoms with Gasteiger partial charge < -0.3 is 5.11 Å². The summed E-state index contributed by atoms with van der Waals surface area (Å²) >= 11 is 2.21. The van der Waals surface area contributed by atoms with Gasteiger partial charge in [0.15, 0.2) is 5.69 Å². The smallest absolute Gasteiger partial charge is 0.358 e. The molecule has 0 radical (unpaired) electrons. The van der Waals surface area contributed by atoms with Gasteiger partial charge in [-0.05, 0) is 47.2 Å². The Morgan fingerprint density at radius 2 is 2.28 bits per heavy atom.